The fraction of sp³-hybridized carbons (Fsp3) is 0.222. The van der Waals surface area contributed by atoms with Gasteiger partial charge < -0.3 is 4.74 Å². The zero-order valence-electron chi connectivity index (χ0n) is 6.74. The first-order chi connectivity index (χ1) is 6.18. The lowest BCUT2D eigenvalue weighted by Gasteiger charge is -2.01. The van der Waals surface area contributed by atoms with Gasteiger partial charge in [-0.25, -0.2) is 0 Å². The molecule has 70 valence electrons. The molecule has 0 aliphatic carbocycles. The Bertz CT molecular complexity index is 272. The second-order valence-corrected chi connectivity index (χ2v) is 2.41. The molecule has 0 saturated heterocycles. The molecule has 0 spiro atoms. The van der Waals surface area contributed by atoms with Gasteiger partial charge in [0.2, 0.25) is 0 Å². The summed E-state index contributed by atoms with van der Waals surface area (Å²) in [7, 11) is 0. The molecule has 1 rings (SSSR count). The minimum Gasteiger partial charge on any atom is -0.403 e. The van der Waals surface area contributed by atoms with Crippen LogP contribution in [0.4, 0.5) is 8.78 Å². The number of hydrogen-bond donors (Lipinski definition) is 0. The maximum absolute atomic E-state index is 11.5. The number of ether oxygens (including phenoxy) is 1. The van der Waals surface area contributed by atoms with Crippen LogP contribution in [0.25, 0.3) is 0 Å². The van der Waals surface area contributed by atoms with Crippen molar-refractivity contribution in [1.29, 1.82) is 0 Å². The predicted molar refractivity (Wildman–Crippen MR) is 42.2 cm³/mol. The summed E-state index contributed by atoms with van der Waals surface area (Å²) in [5, 5.41) is 0. The van der Waals surface area contributed by atoms with Gasteiger partial charge in [-0.15, -0.1) is 0 Å². The van der Waals surface area contributed by atoms with Crippen LogP contribution in [0.15, 0.2) is 30.3 Å². The van der Waals surface area contributed by atoms with Gasteiger partial charge in [0.1, 0.15) is 0 Å². The summed E-state index contributed by atoms with van der Waals surface area (Å²) in [6.45, 7) is -3.03. The van der Waals surface area contributed by atoms with E-state index in [1.165, 1.54) is 0 Å². The number of rotatable bonds is 3. The molecule has 0 N–H and O–H groups in total. The van der Waals surface area contributed by atoms with E-state index in [0.29, 0.717) is 5.56 Å². The van der Waals surface area contributed by atoms with Crippen LogP contribution in [-0.2, 0) is 16.0 Å². The Balaban J connectivity index is 2.46. The molecule has 4 heteroatoms. The van der Waals surface area contributed by atoms with Crippen molar-refractivity contribution in [3.8, 4) is 0 Å². The summed E-state index contributed by atoms with van der Waals surface area (Å²) in [4.78, 5) is 10.7. The summed E-state index contributed by atoms with van der Waals surface area (Å²) in [6.07, 6.45) is -0.120. The summed E-state index contributed by atoms with van der Waals surface area (Å²) >= 11 is 0. The molecule has 0 aliphatic rings. The first kappa shape index (κ1) is 9.64. The van der Waals surface area contributed by atoms with Crippen LogP contribution in [0, 0.1) is 0 Å². The molecule has 13 heavy (non-hydrogen) atoms. The van der Waals surface area contributed by atoms with E-state index >= 15 is 0 Å². The third-order valence-corrected chi connectivity index (χ3v) is 1.41. The monoisotopic (exact) mass is 186 g/mol. The van der Waals surface area contributed by atoms with Gasteiger partial charge in [-0.1, -0.05) is 30.3 Å². The van der Waals surface area contributed by atoms with Gasteiger partial charge in [0.05, 0.1) is 6.42 Å². The number of benzene rings is 1. The van der Waals surface area contributed by atoms with E-state index in [1.54, 1.807) is 30.3 Å². The molecule has 0 amide bonds. The first-order valence-corrected chi connectivity index (χ1v) is 3.70. The van der Waals surface area contributed by atoms with Crippen LogP contribution < -0.4 is 0 Å². The zero-order valence-corrected chi connectivity index (χ0v) is 6.74. The topological polar surface area (TPSA) is 26.3 Å². The van der Waals surface area contributed by atoms with E-state index in [2.05, 4.69) is 4.74 Å². The molecule has 0 aliphatic heterocycles. The Kier molecular flexibility index (Phi) is 3.37. The van der Waals surface area contributed by atoms with E-state index < -0.39 is 12.6 Å². The minimum atomic E-state index is -3.03. The number of carbonyl (C=O) groups is 1. The SMILES string of the molecule is O=C(Cc1ccccc1)OC(F)F. The van der Waals surface area contributed by atoms with E-state index in [4.69, 9.17) is 0 Å². The quantitative estimate of drug-likeness (QED) is 0.675. The average Bonchev–Trinajstić information content (AvgIpc) is 2.04. The lowest BCUT2D eigenvalue weighted by molar-refractivity contribution is -0.175. The van der Waals surface area contributed by atoms with Gasteiger partial charge in [0, 0.05) is 0 Å². The first-order valence-electron chi connectivity index (χ1n) is 3.70. The Morgan fingerprint density at radius 3 is 2.46 bits per heavy atom. The highest BCUT2D eigenvalue weighted by molar-refractivity contribution is 5.72. The minimum absolute atomic E-state index is 0.120. The summed E-state index contributed by atoms with van der Waals surface area (Å²) < 4.78 is 26.8. The van der Waals surface area contributed by atoms with Gasteiger partial charge in [-0.05, 0) is 5.56 Å². The van der Waals surface area contributed by atoms with E-state index in [1.807, 2.05) is 0 Å². The van der Waals surface area contributed by atoms with E-state index in [-0.39, 0.29) is 6.42 Å². The highest BCUT2D eigenvalue weighted by Gasteiger charge is 2.10. The van der Waals surface area contributed by atoms with Crippen molar-refractivity contribution < 1.29 is 18.3 Å². The van der Waals surface area contributed by atoms with Gasteiger partial charge in [-0.3, -0.25) is 4.79 Å². The molecular formula is C9H8F2O2. The smallest absolute Gasteiger partial charge is 0.389 e. The normalized spacial score (nSPS) is 10.1. The Morgan fingerprint density at radius 2 is 1.92 bits per heavy atom. The molecule has 1 aromatic rings. The largest absolute Gasteiger partial charge is 0.403 e. The van der Waals surface area contributed by atoms with Crippen molar-refractivity contribution in [2.45, 2.75) is 13.0 Å². The molecule has 0 aromatic heterocycles. The molecular weight excluding hydrogens is 178 g/mol. The molecule has 0 heterocycles. The van der Waals surface area contributed by atoms with Gasteiger partial charge >= 0.3 is 12.6 Å². The van der Waals surface area contributed by atoms with Crippen molar-refractivity contribution >= 4 is 5.97 Å². The molecule has 2 nitrogen and oxygen atoms in total. The number of hydrogen-bond acceptors (Lipinski definition) is 2. The molecule has 0 radical (unpaired) electrons. The fourth-order valence-electron chi connectivity index (χ4n) is 0.904. The second kappa shape index (κ2) is 4.54. The highest BCUT2D eigenvalue weighted by Crippen LogP contribution is 2.03. The van der Waals surface area contributed by atoms with Gasteiger partial charge in [0.15, 0.2) is 0 Å². The van der Waals surface area contributed by atoms with Crippen LogP contribution in [0.2, 0.25) is 0 Å². The average molecular weight is 186 g/mol. The van der Waals surface area contributed by atoms with Gasteiger partial charge in [0.25, 0.3) is 0 Å². The fourth-order valence-corrected chi connectivity index (χ4v) is 0.904. The number of alkyl halides is 2. The highest BCUT2D eigenvalue weighted by atomic mass is 19.3. The molecule has 0 atom stereocenters. The lowest BCUT2D eigenvalue weighted by Crippen LogP contribution is -2.11. The Morgan fingerprint density at radius 1 is 1.31 bits per heavy atom. The molecule has 0 fully saturated rings. The number of esters is 1. The molecule has 0 saturated carbocycles. The van der Waals surface area contributed by atoms with Crippen molar-refractivity contribution in [2.24, 2.45) is 0 Å². The summed E-state index contributed by atoms with van der Waals surface area (Å²) in [5.41, 5.74) is 0.660. The molecule has 0 unspecified atom stereocenters. The maximum atomic E-state index is 11.5. The van der Waals surface area contributed by atoms with Crippen molar-refractivity contribution in [1.82, 2.24) is 0 Å². The Hall–Kier alpha value is -1.45. The maximum Gasteiger partial charge on any atom is 0.389 e. The van der Waals surface area contributed by atoms with E-state index in [0.717, 1.165) is 0 Å². The third-order valence-electron chi connectivity index (χ3n) is 1.41. The van der Waals surface area contributed by atoms with Crippen LogP contribution >= 0.6 is 0 Å². The number of carbonyl (C=O) groups excluding carboxylic acids is 1. The summed E-state index contributed by atoms with van der Waals surface area (Å²) in [6, 6.07) is 8.58. The predicted octanol–water partition coefficient (Wildman–Crippen LogP) is 1.99. The molecule has 0 bridgehead atoms. The Labute approximate surface area is 74.1 Å². The number of halogens is 2. The van der Waals surface area contributed by atoms with Crippen LogP contribution in [0.5, 0.6) is 0 Å². The summed E-state index contributed by atoms with van der Waals surface area (Å²) in [5.74, 6) is -0.916. The van der Waals surface area contributed by atoms with Crippen LogP contribution in [0.1, 0.15) is 5.56 Å². The van der Waals surface area contributed by atoms with Crippen molar-refractivity contribution in [3.63, 3.8) is 0 Å². The van der Waals surface area contributed by atoms with Crippen LogP contribution in [0.3, 0.4) is 0 Å². The lowest BCUT2D eigenvalue weighted by atomic mass is 10.2. The zero-order chi connectivity index (χ0) is 9.68. The third kappa shape index (κ3) is 3.64. The van der Waals surface area contributed by atoms with Crippen molar-refractivity contribution in [3.05, 3.63) is 35.9 Å². The van der Waals surface area contributed by atoms with Crippen molar-refractivity contribution in [2.75, 3.05) is 0 Å². The van der Waals surface area contributed by atoms with E-state index in [9.17, 15) is 13.6 Å². The standard InChI is InChI=1S/C9H8F2O2/c10-9(11)13-8(12)6-7-4-2-1-3-5-7/h1-5,9H,6H2. The van der Waals surface area contributed by atoms with Gasteiger partial charge in [-0.2, -0.15) is 8.78 Å². The second-order valence-electron chi connectivity index (χ2n) is 2.41. The molecule has 1 aromatic carbocycles. The van der Waals surface area contributed by atoms with Crippen LogP contribution in [-0.4, -0.2) is 12.6 Å².